The van der Waals surface area contributed by atoms with Crippen molar-refractivity contribution in [1.82, 2.24) is 9.55 Å². The van der Waals surface area contributed by atoms with Crippen molar-refractivity contribution in [1.29, 1.82) is 0 Å². The highest BCUT2D eigenvalue weighted by Crippen LogP contribution is 2.35. The summed E-state index contributed by atoms with van der Waals surface area (Å²) < 4.78 is 1.72. The van der Waals surface area contributed by atoms with E-state index in [2.05, 4.69) is 0 Å². The summed E-state index contributed by atoms with van der Waals surface area (Å²) in [5, 5.41) is 12.3. The van der Waals surface area contributed by atoms with E-state index in [0.717, 1.165) is 52.7 Å². The molecule has 0 saturated carbocycles. The molecule has 162 valence electrons. The Hall–Kier alpha value is -2.97. The molecule has 0 atom stereocenters. The van der Waals surface area contributed by atoms with Crippen molar-refractivity contribution < 1.29 is 4.92 Å². The molecule has 0 bridgehead atoms. The lowest BCUT2D eigenvalue weighted by atomic mass is 9.97. The smallest absolute Gasteiger partial charge is 0.268 e. The van der Waals surface area contributed by atoms with Gasteiger partial charge in [-0.15, -0.1) is 11.3 Å². The number of fused-ring (bicyclic) bond motifs is 3. The lowest BCUT2D eigenvalue weighted by molar-refractivity contribution is -0.384. The van der Waals surface area contributed by atoms with E-state index in [-0.39, 0.29) is 11.2 Å². The standard InChI is InChI=1S/C24H21N3O3S2/c1-15-6-10-17(11-7-15)26-23(28)21-19-4-2-3-5-20(19)32-22(21)25-24(26)31-14-16-8-12-18(13-9-16)27(29)30/h6-13H,2-5,14H2,1H3. The first-order chi connectivity index (χ1) is 15.5. The average Bonchev–Trinajstić information content (AvgIpc) is 3.17. The van der Waals surface area contributed by atoms with Gasteiger partial charge in [0, 0.05) is 22.8 Å². The van der Waals surface area contributed by atoms with Crippen LogP contribution in [0.5, 0.6) is 0 Å². The van der Waals surface area contributed by atoms with Crippen LogP contribution in [0.15, 0.2) is 58.5 Å². The van der Waals surface area contributed by atoms with E-state index in [9.17, 15) is 14.9 Å². The Morgan fingerprint density at radius 2 is 1.81 bits per heavy atom. The summed E-state index contributed by atoms with van der Waals surface area (Å²) in [5.74, 6) is 0.562. The summed E-state index contributed by atoms with van der Waals surface area (Å²) in [6.07, 6.45) is 4.23. The van der Waals surface area contributed by atoms with Crippen LogP contribution >= 0.6 is 23.1 Å². The van der Waals surface area contributed by atoms with Gasteiger partial charge in [0.2, 0.25) is 0 Å². The summed E-state index contributed by atoms with van der Waals surface area (Å²) in [4.78, 5) is 31.3. The molecule has 0 spiro atoms. The number of benzene rings is 2. The summed E-state index contributed by atoms with van der Waals surface area (Å²) in [7, 11) is 0. The van der Waals surface area contributed by atoms with E-state index in [0.29, 0.717) is 10.9 Å². The Morgan fingerprint density at radius 1 is 1.09 bits per heavy atom. The van der Waals surface area contributed by atoms with Gasteiger partial charge in [0.05, 0.1) is 16.0 Å². The maximum absolute atomic E-state index is 13.7. The van der Waals surface area contributed by atoms with Crippen LogP contribution < -0.4 is 5.56 Å². The van der Waals surface area contributed by atoms with Crippen LogP contribution in [0.3, 0.4) is 0 Å². The number of nitro groups is 1. The summed E-state index contributed by atoms with van der Waals surface area (Å²) in [5.41, 5.74) is 4.11. The second-order valence-corrected chi connectivity index (χ2v) is 10.00. The van der Waals surface area contributed by atoms with Gasteiger partial charge in [-0.25, -0.2) is 4.98 Å². The van der Waals surface area contributed by atoms with Crippen LogP contribution in [0.25, 0.3) is 15.9 Å². The minimum atomic E-state index is -0.403. The lowest BCUT2D eigenvalue weighted by Gasteiger charge is -2.14. The molecule has 1 aliphatic carbocycles. The molecule has 1 aliphatic rings. The molecule has 0 aliphatic heterocycles. The topological polar surface area (TPSA) is 78.0 Å². The molecule has 0 N–H and O–H groups in total. The van der Waals surface area contributed by atoms with E-state index in [4.69, 9.17) is 4.98 Å². The first kappa shape index (κ1) is 20.9. The molecule has 0 amide bonds. The third kappa shape index (κ3) is 3.84. The molecule has 2 aromatic heterocycles. The molecular formula is C24H21N3O3S2. The maximum atomic E-state index is 13.7. The van der Waals surface area contributed by atoms with Crippen molar-refractivity contribution in [3.8, 4) is 5.69 Å². The number of hydrogen-bond acceptors (Lipinski definition) is 6. The highest BCUT2D eigenvalue weighted by Gasteiger charge is 2.23. The van der Waals surface area contributed by atoms with Gasteiger partial charge in [0.15, 0.2) is 5.16 Å². The van der Waals surface area contributed by atoms with Crippen LogP contribution in [0.1, 0.15) is 34.4 Å². The number of aryl methyl sites for hydroxylation is 3. The predicted molar refractivity (Wildman–Crippen MR) is 129 cm³/mol. The van der Waals surface area contributed by atoms with E-state index in [1.165, 1.54) is 34.3 Å². The Labute approximate surface area is 193 Å². The zero-order valence-electron chi connectivity index (χ0n) is 17.5. The second kappa shape index (κ2) is 8.52. The number of rotatable bonds is 5. The van der Waals surface area contributed by atoms with E-state index < -0.39 is 4.92 Å². The lowest BCUT2D eigenvalue weighted by Crippen LogP contribution is -2.22. The summed E-state index contributed by atoms with van der Waals surface area (Å²) >= 11 is 3.13. The minimum absolute atomic E-state index is 0.00977. The van der Waals surface area contributed by atoms with Gasteiger partial charge in [-0.1, -0.05) is 41.6 Å². The average molecular weight is 464 g/mol. The summed E-state index contributed by atoms with van der Waals surface area (Å²) in [6, 6.07) is 14.4. The van der Waals surface area contributed by atoms with Crippen molar-refractivity contribution in [3.63, 3.8) is 0 Å². The molecule has 6 nitrogen and oxygen atoms in total. The Morgan fingerprint density at radius 3 is 2.53 bits per heavy atom. The molecule has 5 rings (SSSR count). The van der Waals surface area contributed by atoms with Gasteiger partial charge < -0.3 is 0 Å². The van der Waals surface area contributed by atoms with Crippen molar-refractivity contribution in [2.45, 2.75) is 43.5 Å². The number of non-ortho nitro benzene ring substituents is 1. The number of thioether (sulfide) groups is 1. The fourth-order valence-corrected chi connectivity index (χ4v) is 6.34. The van der Waals surface area contributed by atoms with Gasteiger partial charge in [-0.05, 0) is 55.9 Å². The van der Waals surface area contributed by atoms with Gasteiger partial charge in [-0.2, -0.15) is 0 Å². The SMILES string of the molecule is Cc1ccc(-n2c(SCc3ccc([N+](=O)[O-])cc3)nc3sc4c(c3c2=O)CCCC4)cc1. The quantitative estimate of drug-likeness (QED) is 0.161. The maximum Gasteiger partial charge on any atom is 0.269 e. The van der Waals surface area contributed by atoms with E-state index in [1.807, 2.05) is 31.2 Å². The fraction of sp³-hybridized carbons (Fsp3) is 0.250. The van der Waals surface area contributed by atoms with Crippen LogP contribution in [-0.4, -0.2) is 14.5 Å². The van der Waals surface area contributed by atoms with Crippen molar-refractivity contribution >= 4 is 39.0 Å². The van der Waals surface area contributed by atoms with Gasteiger partial charge >= 0.3 is 0 Å². The number of aromatic nitrogens is 2. The fourth-order valence-electron chi connectivity index (χ4n) is 4.07. The minimum Gasteiger partial charge on any atom is -0.268 e. The molecule has 0 saturated heterocycles. The zero-order valence-corrected chi connectivity index (χ0v) is 19.2. The molecule has 32 heavy (non-hydrogen) atoms. The van der Waals surface area contributed by atoms with Crippen LogP contribution in [-0.2, 0) is 18.6 Å². The Bertz CT molecular complexity index is 1370. The van der Waals surface area contributed by atoms with Crippen LogP contribution in [0.4, 0.5) is 5.69 Å². The number of hydrogen-bond donors (Lipinski definition) is 0. The molecule has 2 aromatic carbocycles. The third-order valence-electron chi connectivity index (χ3n) is 5.77. The first-order valence-corrected chi connectivity index (χ1v) is 12.3. The van der Waals surface area contributed by atoms with Crippen molar-refractivity contribution in [2.75, 3.05) is 0 Å². The molecule has 0 fully saturated rings. The number of nitro benzene ring substituents is 1. The molecular weight excluding hydrogens is 442 g/mol. The monoisotopic (exact) mass is 463 g/mol. The second-order valence-electron chi connectivity index (χ2n) is 7.97. The molecule has 2 heterocycles. The Kier molecular flexibility index (Phi) is 5.57. The normalized spacial score (nSPS) is 13.3. The Balaban J connectivity index is 1.60. The summed E-state index contributed by atoms with van der Waals surface area (Å²) in [6.45, 7) is 2.02. The van der Waals surface area contributed by atoms with Crippen LogP contribution in [0, 0.1) is 17.0 Å². The van der Waals surface area contributed by atoms with Gasteiger partial charge in [0.25, 0.3) is 11.2 Å². The van der Waals surface area contributed by atoms with Gasteiger partial charge in [-0.3, -0.25) is 19.5 Å². The van der Waals surface area contributed by atoms with E-state index >= 15 is 0 Å². The molecule has 0 unspecified atom stereocenters. The zero-order chi connectivity index (χ0) is 22.2. The first-order valence-electron chi connectivity index (χ1n) is 10.5. The van der Waals surface area contributed by atoms with E-state index in [1.54, 1.807) is 28.0 Å². The van der Waals surface area contributed by atoms with Crippen molar-refractivity contribution in [3.05, 3.63) is 90.6 Å². The highest BCUT2D eigenvalue weighted by molar-refractivity contribution is 7.98. The van der Waals surface area contributed by atoms with Gasteiger partial charge in [0.1, 0.15) is 4.83 Å². The van der Waals surface area contributed by atoms with Crippen molar-refractivity contribution in [2.24, 2.45) is 0 Å². The number of nitrogens with zero attached hydrogens (tertiary/aromatic N) is 3. The highest BCUT2D eigenvalue weighted by atomic mass is 32.2. The largest absolute Gasteiger partial charge is 0.269 e. The molecule has 4 aromatic rings. The molecule has 0 radical (unpaired) electrons. The third-order valence-corrected chi connectivity index (χ3v) is 7.96. The van der Waals surface area contributed by atoms with Crippen LogP contribution in [0.2, 0.25) is 0 Å². The molecule has 8 heteroatoms. The number of thiophene rings is 1. The predicted octanol–water partition coefficient (Wildman–Crippen LogP) is 5.83.